The van der Waals surface area contributed by atoms with E-state index in [9.17, 15) is 15.3 Å². The number of benzene rings is 1. The molecule has 0 aromatic heterocycles. The van der Waals surface area contributed by atoms with Crippen LogP contribution in [0.15, 0.2) is 16.6 Å². The highest BCUT2D eigenvalue weighted by Gasteiger charge is 2.17. The molecule has 4 nitrogen and oxygen atoms in total. The van der Waals surface area contributed by atoms with Gasteiger partial charge >= 0.3 is 0 Å². The van der Waals surface area contributed by atoms with Gasteiger partial charge in [0.1, 0.15) is 0 Å². The Morgan fingerprint density at radius 3 is 2.56 bits per heavy atom. The summed E-state index contributed by atoms with van der Waals surface area (Å²) in [6.07, 6.45) is 4.14. The third-order valence-corrected chi connectivity index (χ3v) is 4.01. The summed E-state index contributed by atoms with van der Waals surface area (Å²) in [7, 11) is 0. The molecule has 1 aromatic carbocycles. The van der Waals surface area contributed by atoms with Crippen LogP contribution in [0.1, 0.15) is 37.4 Å². The average molecular weight is 316 g/mol. The predicted octanol–water partition coefficient (Wildman–Crippen LogP) is 2.43. The van der Waals surface area contributed by atoms with Crippen molar-refractivity contribution in [3.05, 3.63) is 22.2 Å². The van der Waals surface area contributed by atoms with Gasteiger partial charge in [0.15, 0.2) is 11.5 Å². The summed E-state index contributed by atoms with van der Waals surface area (Å²) >= 11 is 3.14. The SMILES string of the molecule is Oc1cc(C(O)CNC2CCCC2)cc(Br)c1O. The van der Waals surface area contributed by atoms with Gasteiger partial charge in [-0.25, -0.2) is 0 Å². The number of hydrogen-bond donors (Lipinski definition) is 4. The van der Waals surface area contributed by atoms with Gasteiger partial charge in [-0.05, 0) is 46.5 Å². The second kappa shape index (κ2) is 5.91. The van der Waals surface area contributed by atoms with E-state index in [2.05, 4.69) is 21.2 Å². The van der Waals surface area contributed by atoms with Crippen LogP contribution in [0.25, 0.3) is 0 Å². The summed E-state index contributed by atoms with van der Waals surface area (Å²) in [5.41, 5.74) is 0.586. The van der Waals surface area contributed by atoms with Gasteiger partial charge in [-0.3, -0.25) is 0 Å². The Bertz CT molecular complexity index is 396. The summed E-state index contributed by atoms with van der Waals surface area (Å²) in [6.45, 7) is 0.460. The van der Waals surface area contributed by atoms with E-state index in [1.807, 2.05) is 0 Å². The smallest absolute Gasteiger partial charge is 0.171 e. The first-order valence-corrected chi connectivity index (χ1v) is 7.00. The van der Waals surface area contributed by atoms with Gasteiger partial charge in [0.25, 0.3) is 0 Å². The molecule has 0 saturated heterocycles. The van der Waals surface area contributed by atoms with Crippen molar-refractivity contribution in [3.8, 4) is 11.5 Å². The van der Waals surface area contributed by atoms with Crippen LogP contribution >= 0.6 is 15.9 Å². The molecule has 0 radical (unpaired) electrons. The fourth-order valence-corrected chi connectivity index (χ4v) is 2.79. The minimum Gasteiger partial charge on any atom is -0.504 e. The highest BCUT2D eigenvalue weighted by atomic mass is 79.9. The quantitative estimate of drug-likeness (QED) is 0.644. The zero-order chi connectivity index (χ0) is 13.1. The lowest BCUT2D eigenvalue weighted by Crippen LogP contribution is -2.30. The van der Waals surface area contributed by atoms with Crippen LogP contribution in [-0.2, 0) is 0 Å². The molecule has 0 aliphatic heterocycles. The lowest BCUT2D eigenvalue weighted by Gasteiger charge is -2.17. The van der Waals surface area contributed by atoms with E-state index in [-0.39, 0.29) is 11.5 Å². The van der Waals surface area contributed by atoms with Gasteiger partial charge in [-0.1, -0.05) is 12.8 Å². The van der Waals surface area contributed by atoms with Crippen molar-refractivity contribution in [2.24, 2.45) is 0 Å². The van der Waals surface area contributed by atoms with E-state index >= 15 is 0 Å². The van der Waals surface area contributed by atoms with E-state index in [1.54, 1.807) is 6.07 Å². The fraction of sp³-hybridized carbons (Fsp3) is 0.538. The maximum absolute atomic E-state index is 10.0. The average Bonchev–Trinajstić information content (AvgIpc) is 2.85. The highest BCUT2D eigenvalue weighted by Crippen LogP contribution is 2.36. The minimum atomic E-state index is -0.687. The number of nitrogens with one attached hydrogen (secondary N) is 1. The second-order valence-electron chi connectivity index (χ2n) is 4.78. The van der Waals surface area contributed by atoms with Crippen LogP contribution in [0.4, 0.5) is 0 Å². The Morgan fingerprint density at radius 1 is 1.28 bits per heavy atom. The Hall–Kier alpha value is -0.780. The first kappa shape index (κ1) is 13.6. The Labute approximate surface area is 115 Å². The van der Waals surface area contributed by atoms with Gasteiger partial charge < -0.3 is 20.6 Å². The topological polar surface area (TPSA) is 72.7 Å². The van der Waals surface area contributed by atoms with E-state index in [0.29, 0.717) is 22.6 Å². The number of aromatic hydroxyl groups is 2. The third kappa shape index (κ3) is 3.16. The molecule has 0 amide bonds. The van der Waals surface area contributed by atoms with Crippen LogP contribution in [0, 0.1) is 0 Å². The lowest BCUT2D eigenvalue weighted by atomic mass is 10.1. The second-order valence-corrected chi connectivity index (χ2v) is 5.63. The van der Waals surface area contributed by atoms with Crippen molar-refractivity contribution in [3.63, 3.8) is 0 Å². The number of aliphatic hydroxyl groups excluding tert-OH is 1. The van der Waals surface area contributed by atoms with E-state index in [0.717, 1.165) is 12.8 Å². The Kier molecular flexibility index (Phi) is 4.48. The Balaban J connectivity index is 1.97. The molecule has 18 heavy (non-hydrogen) atoms. The molecule has 1 unspecified atom stereocenters. The normalized spacial score (nSPS) is 18.1. The van der Waals surface area contributed by atoms with Crippen molar-refractivity contribution in [1.29, 1.82) is 0 Å². The van der Waals surface area contributed by atoms with Gasteiger partial charge in [-0.2, -0.15) is 0 Å². The molecule has 4 N–H and O–H groups in total. The first-order valence-electron chi connectivity index (χ1n) is 6.20. The van der Waals surface area contributed by atoms with E-state index in [4.69, 9.17) is 0 Å². The summed E-state index contributed by atoms with van der Waals surface area (Å²) in [5.74, 6) is -0.422. The molecule has 1 atom stereocenters. The number of phenols is 2. The molecule has 100 valence electrons. The summed E-state index contributed by atoms with van der Waals surface area (Å²) in [6, 6.07) is 3.51. The maximum atomic E-state index is 10.0. The highest BCUT2D eigenvalue weighted by molar-refractivity contribution is 9.10. The Morgan fingerprint density at radius 2 is 1.94 bits per heavy atom. The summed E-state index contributed by atoms with van der Waals surface area (Å²) in [5, 5.41) is 32.3. The minimum absolute atomic E-state index is 0.199. The number of aliphatic hydroxyl groups is 1. The number of rotatable bonds is 4. The van der Waals surface area contributed by atoms with Crippen LogP contribution in [0.5, 0.6) is 11.5 Å². The van der Waals surface area contributed by atoms with Gasteiger partial charge in [0.05, 0.1) is 10.6 Å². The van der Waals surface area contributed by atoms with Gasteiger partial charge in [-0.15, -0.1) is 0 Å². The van der Waals surface area contributed by atoms with E-state index < -0.39 is 6.10 Å². The third-order valence-electron chi connectivity index (χ3n) is 3.41. The van der Waals surface area contributed by atoms with Gasteiger partial charge in [0.2, 0.25) is 0 Å². The van der Waals surface area contributed by atoms with Crippen molar-refractivity contribution < 1.29 is 15.3 Å². The molecular weight excluding hydrogens is 298 g/mol. The predicted molar refractivity (Wildman–Crippen MR) is 72.7 cm³/mol. The molecular formula is C13H18BrNO3. The molecule has 0 spiro atoms. The first-order chi connectivity index (χ1) is 8.58. The van der Waals surface area contributed by atoms with Crippen molar-refractivity contribution in [1.82, 2.24) is 5.32 Å². The molecule has 1 aliphatic carbocycles. The molecule has 0 heterocycles. The van der Waals surface area contributed by atoms with Crippen LogP contribution in [0.3, 0.4) is 0 Å². The molecule has 5 heteroatoms. The molecule has 1 aromatic rings. The lowest BCUT2D eigenvalue weighted by molar-refractivity contribution is 0.169. The maximum Gasteiger partial charge on any atom is 0.171 e. The monoisotopic (exact) mass is 315 g/mol. The molecule has 0 bridgehead atoms. The largest absolute Gasteiger partial charge is 0.504 e. The molecule has 2 rings (SSSR count). The zero-order valence-corrected chi connectivity index (χ0v) is 11.7. The zero-order valence-electron chi connectivity index (χ0n) is 10.1. The number of hydrogen-bond acceptors (Lipinski definition) is 4. The van der Waals surface area contributed by atoms with Crippen molar-refractivity contribution in [2.45, 2.75) is 37.8 Å². The standard InChI is InChI=1S/C13H18BrNO3/c14-10-5-8(6-11(16)13(10)18)12(17)7-15-9-3-1-2-4-9/h5-6,9,12,15-18H,1-4,7H2. The fourth-order valence-electron chi connectivity index (χ4n) is 2.32. The summed E-state index contributed by atoms with van der Waals surface area (Å²) < 4.78 is 0.386. The van der Waals surface area contributed by atoms with Crippen LogP contribution in [0.2, 0.25) is 0 Å². The van der Waals surface area contributed by atoms with Crippen molar-refractivity contribution >= 4 is 15.9 Å². The van der Waals surface area contributed by atoms with Crippen molar-refractivity contribution in [2.75, 3.05) is 6.54 Å². The van der Waals surface area contributed by atoms with Crippen LogP contribution < -0.4 is 5.32 Å². The summed E-state index contributed by atoms with van der Waals surface area (Å²) in [4.78, 5) is 0. The van der Waals surface area contributed by atoms with E-state index in [1.165, 1.54) is 18.9 Å². The molecule has 1 aliphatic rings. The number of halogens is 1. The molecule has 1 fully saturated rings. The van der Waals surface area contributed by atoms with Crippen LogP contribution in [-0.4, -0.2) is 27.9 Å². The van der Waals surface area contributed by atoms with Gasteiger partial charge in [0, 0.05) is 12.6 Å². The molecule has 1 saturated carbocycles. The number of phenolic OH excluding ortho intramolecular Hbond substituents is 2.